The van der Waals surface area contributed by atoms with Gasteiger partial charge in [-0.3, -0.25) is 9.91 Å². The van der Waals surface area contributed by atoms with Gasteiger partial charge in [-0.15, -0.1) is 0 Å². The van der Waals surface area contributed by atoms with Gasteiger partial charge in [0.05, 0.1) is 13.3 Å². The predicted molar refractivity (Wildman–Crippen MR) is 98.9 cm³/mol. The van der Waals surface area contributed by atoms with Crippen molar-refractivity contribution in [2.75, 3.05) is 33.3 Å². The molecule has 2 aromatic rings. The van der Waals surface area contributed by atoms with Crippen LogP contribution >= 0.6 is 11.6 Å². The Labute approximate surface area is 148 Å². The van der Waals surface area contributed by atoms with Gasteiger partial charge in [-0.05, 0) is 29.3 Å². The Morgan fingerprint density at radius 2 is 1.88 bits per heavy atom. The molecule has 2 aromatic carbocycles. The maximum absolute atomic E-state index is 6.24. The first-order valence-electron chi connectivity index (χ1n) is 8.13. The second-order valence-corrected chi connectivity index (χ2v) is 6.25. The molecule has 0 radical (unpaired) electrons. The maximum atomic E-state index is 6.24. The van der Waals surface area contributed by atoms with Gasteiger partial charge in [0.1, 0.15) is 5.75 Å². The number of nitrogens with zero attached hydrogens (tertiary/aromatic N) is 3. The van der Waals surface area contributed by atoms with Crippen LogP contribution in [0.4, 0.5) is 0 Å². The summed E-state index contributed by atoms with van der Waals surface area (Å²) in [5.74, 6) is 0.850. The molecule has 1 heterocycles. The summed E-state index contributed by atoms with van der Waals surface area (Å²) >= 11 is 6.24. The molecule has 0 N–H and O–H groups in total. The van der Waals surface area contributed by atoms with Crippen LogP contribution in [0.5, 0.6) is 5.75 Å². The minimum absolute atomic E-state index is 0.843. The van der Waals surface area contributed by atoms with Crippen LogP contribution in [0.15, 0.2) is 53.6 Å². The number of hydrazone groups is 1. The number of methoxy groups -OCH3 is 1. The minimum atomic E-state index is 0.843. The first-order valence-corrected chi connectivity index (χ1v) is 8.51. The summed E-state index contributed by atoms with van der Waals surface area (Å²) in [7, 11) is 1.68. The van der Waals surface area contributed by atoms with Crippen LogP contribution in [0.2, 0.25) is 5.02 Å². The summed E-state index contributed by atoms with van der Waals surface area (Å²) in [5.41, 5.74) is 2.24. The highest BCUT2D eigenvalue weighted by Gasteiger charge is 2.16. The van der Waals surface area contributed by atoms with Crippen LogP contribution in [0.1, 0.15) is 11.1 Å². The highest BCUT2D eigenvalue weighted by atomic mass is 35.5. The Hall–Kier alpha value is -2.04. The summed E-state index contributed by atoms with van der Waals surface area (Å²) in [5, 5.41) is 7.55. The molecule has 0 aliphatic carbocycles. The van der Waals surface area contributed by atoms with E-state index in [4.69, 9.17) is 16.3 Å². The number of hydrogen-bond acceptors (Lipinski definition) is 4. The van der Waals surface area contributed by atoms with Crippen LogP contribution in [0, 0.1) is 0 Å². The van der Waals surface area contributed by atoms with Crippen molar-refractivity contribution in [2.24, 2.45) is 5.10 Å². The third-order valence-corrected chi connectivity index (χ3v) is 4.53. The molecule has 126 valence electrons. The van der Waals surface area contributed by atoms with Gasteiger partial charge in [0.2, 0.25) is 0 Å². The van der Waals surface area contributed by atoms with E-state index in [2.05, 4.69) is 21.1 Å². The molecule has 0 spiro atoms. The zero-order chi connectivity index (χ0) is 16.8. The lowest BCUT2D eigenvalue weighted by Crippen LogP contribution is -2.43. The van der Waals surface area contributed by atoms with E-state index in [1.165, 1.54) is 5.56 Å². The van der Waals surface area contributed by atoms with Gasteiger partial charge in [-0.1, -0.05) is 41.9 Å². The predicted octanol–water partition coefficient (Wildman–Crippen LogP) is 3.50. The average Bonchev–Trinajstić information content (AvgIpc) is 2.63. The maximum Gasteiger partial charge on any atom is 0.119 e. The number of piperazine rings is 1. The lowest BCUT2D eigenvalue weighted by molar-refractivity contribution is 0.131. The third-order valence-electron chi connectivity index (χ3n) is 4.16. The number of hydrogen-bond donors (Lipinski definition) is 0. The molecule has 0 amide bonds. The van der Waals surface area contributed by atoms with Gasteiger partial charge in [-0.2, -0.15) is 5.10 Å². The fourth-order valence-electron chi connectivity index (χ4n) is 2.75. The summed E-state index contributed by atoms with van der Waals surface area (Å²) < 4.78 is 5.23. The van der Waals surface area contributed by atoms with Gasteiger partial charge in [0.15, 0.2) is 0 Å². The van der Waals surface area contributed by atoms with E-state index >= 15 is 0 Å². The lowest BCUT2D eigenvalue weighted by Gasteiger charge is -2.33. The Bertz CT molecular complexity index is 697. The zero-order valence-corrected chi connectivity index (χ0v) is 14.6. The second kappa shape index (κ2) is 8.18. The standard InChI is InChI=1S/C19H22ClN3O/c1-24-18-7-4-5-16(13-18)14-21-23-11-9-22(10-12-23)15-17-6-2-3-8-19(17)20/h2-8,13-14H,9-12,15H2,1H3/b21-14+. The second-order valence-electron chi connectivity index (χ2n) is 5.84. The van der Waals surface area contributed by atoms with E-state index in [1.807, 2.05) is 48.7 Å². The van der Waals surface area contributed by atoms with Crippen molar-refractivity contribution in [2.45, 2.75) is 6.54 Å². The van der Waals surface area contributed by atoms with E-state index in [0.717, 1.165) is 49.1 Å². The van der Waals surface area contributed by atoms with Gasteiger partial charge < -0.3 is 4.74 Å². The van der Waals surface area contributed by atoms with Crippen LogP contribution in [0.3, 0.4) is 0 Å². The third kappa shape index (κ3) is 4.49. The summed E-state index contributed by atoms with van der Waals surface area (Å²) in [6.07, 6.45) is 1.90. The Balaban J connectivity index is 1.51. The van der Waals surface area contributed by atoms with E-state index in [9.17, 15) is 0 Å². The molecular formula is C19H22ClN3O. The minimum Gasteiger partial charge on any atom is -0.497 e. The number of ether oxygens (including phenoxy) is 1. The molecule has 1 saturated heterocycles. The molecule has 0 bridgehead atoms. The van der Waals surface area contributed by atoms with Crippen molar-refractivity contribution in [3.8, 4) is 5.75 Å². The Kier molecular flexibility index (Phi) is 5.72. The van der Waals surface area contributed by atoms with E-state index in [0.29, 0.717) is 0 Å². The normalized spacial score (nSPS) is 15.8. The molecule has 0 saturated carbocycles. The van der Waals surface area contributed by atoms with Crippen molar-refractivity contribution < 1.29 is 4.74 Å². The first-order chi connectivity index (χ1) is 11.7. The van der Waals surface area contributed by atoms with Gasteiger partial charge >= 0.3 is 0 Å². The van der Waals surface area contributed by atoms with Gasteiger partial charge in [0, 0.05) is 37.7 Å². The highest BCUT2D eigenvalue weighted by molar-refractivity contribution is 6.31. The number of halogens is 1. The fraction of sp³-hybridized carbons (Fsp3) is 0.316. The molecule has 1 aliphatic rings. The van der Waals surface area contributed by atoms with Crippen molar-refractivity contribution in [3.63, 3.8) is 0 Å². The molecule has 0 unspecified atom stereocenters. The zero-order valence-electron chi connectivity index (χ0n) is 13.9. The first kappa shape index (κ1) is 16.8. The quantitative estimate of drug-likeness (QED) is 0.778. The molecule has 1 fully saturated rings. The topological polar surface area (TPSA) is 28.1 Å². The van der Waals surface area contributed by atoms with Gasteiger partial charge in [0.25, 0.3) is 0 Å². The molecule has 0 atom stereocenters. The molecule has 3 rings (SSSR count). The summed E-state index contributed by atoms with van der Waals surface area (Å²) in [6.45, 7) is 4.71. The molecule has 4 nitrogen and oxygen atoms in total. The summed E-state index contributed by atoms with van der Waals surface area (Å²) in [4.78, 5) is 2.42. The van der Waals surface area contributed by atoms with E-state index < -0.39 is 0 Å². The van der Waals surface area contributed by atoms with Crippen molar-refractivity contribution in [3.05, 3.63) is 64.7 Å². The SMILES string of the molecule is COc1cccc(/C=N/N2CCN(Cc3ccccc3Cl)CC2)c1. The van der Waals surface area contributed by atoms with Crippen LogP contribution < -0.4 is 4.74 Å². The molecule has 1 aliphatic heterocycles. The Morgan fingerprint density at radius 3 is 2.62 bits per heavy atom. The molecule has 5 heteroatoms. The molecular weight excluding hydrogens is 322 g/mol. The van der Waals surface area contributed by atoms with Crippen LogP contribution in [-0.2, 0) is 6.54 Å². The monoisotopic (exact) mass is 343 g/mol. The number of rotatable bonds is 5. The highest BCUT2D eigenvalue weighted by Crippen LogP contribution is 2.18. The molecule has 24 heavy (non-hydrogen) atoms. The van der Waals surface area contributed by atoms with E-state index in [-0.39, 0.29) is 0 Å². The summed E-state index contributed by atoms with van der Waals surface area (Å²) in [6, 6.07) is 16.0. The number of benzene rings is 2. The fourth-order valence-corrected chi connectivity index (χ4v) is 2.94. The van der Waals surface area contributed by atoms with Crippen molar-refractivity contribution >= 4 is 17.8 Å². The lowest BCUT2D eigenvalue weighted by atomic mass is 10.2. The van der Waals surface area contributed by atoms with Crippen molar-refractivity contribution in [1.29, 1.82) is 0 Å². The van der Waals surface area contributed by atoms with Crippen molar-refractivity contribution in [1.82, 2.24) is 9.91 Å². The largest absolute Gasteiger partial charge is 0.497 e. The average molecular weight is 344 g/mol. The van der Waals surface area contributed by atoms with Crippen LogP contribution in [-0.4, -0.2) is 49.4 Å². The van der Waals surface area contributed by atoms with E-state index in [1.54, 1.807) is 7.11 Å². The smallest absolute Gasteiger partial charge is 0.119 e. The molecule has 0 aromatic heterocycles. The Morgan fingerprint density at radius 1 is 1.08 bits per heavy atom. The van der Waals surface area contributed by atoms with Gasteiger partial charge in [-0.25, -0.2) is 0 Å². The van der Waals surface area contributed by atoms with Crippen LogP contribution in [0.25, 0.3) is 0 Å².